The maximum atomic E-state index is 11.5. The van der Waals surface area contributed by atoms with Gasteiger partial charge < -0.3 is 71.3 Å². The van der Waals surface area contributed by atoms with Crippen molar-refractivity contribution >= 4 is 24.8 Å². The van der Waals surface area contributed by atoms with Crippen LogP contribution in [0, 0.1) is 0 Å². The summed E-state index contributed by atoms with van der Waals surface area (Å²) in [6, 6.07) is 28.2. The predicted molar refractivity (Wildman–Crippen MR) is 220 cm³/mol. The van der Waals surface area contributed by atoms with E-state index in [0.717, 1.165) is 87.9 Å². The second-order valence-corrected chi connectivity index (χ2v) is 13.0. The van der Waals surface area contributed by atoms with E-state index in [4.69, 9.17) is 19.8 Å². The first-order chi connectivity index (χ1) is 28.5. The molecule has 4 aromatic rings. The zero-order valence-electron chi connectivity index (χ0n) is 36.8. The molecule has 0 heterocycles. The Morgan fingerprint density at radius 3 is 0.762 bits per heavy atom. The zero-order valence-corrected chi connectivity index (χ0v) is 42.8. The summed E-state index contributed by atoms with van der Waals surface area (Å²) in [6.07, 6.45) is 3.39. The first-order valence-electron chi connectivity index (χ1n) is 19.0. The average Bonchev–Trinajstić information content (AvgIpc) is 3.20. The third-order valence-electron chi connectivity index (χ3n) is 6.99. The molecule has 0 aliphatic heterocycles. The molecular weight excluding hydrogens is 1000 g/mol. The summed E-state index contributed by atoms with van der Waals surface area (Å²) >= 11 is 0. The Kier molecular flexibility index (Phi) is 49.2. The molecule has 4 rings (SSSR count). The monoisotopic (exact) mass is 1060 g/mol. The number of hydrogen-bond acceptors (Lipinski definition) is 14. The third-order valence-corrected chi connectivity index (χ3v) is 6.99. The molecule has 0 atom stereocenters. The van der Waals surface area contributed by atoms with E-state index in [1.54, 1.807) is 76.7 Å². The van der Waals surface area contributed by atoms with Crippen LogP contribution >= 0.6 is 0 Å². The Balaban J connectivity index is -0.000000249. The van der Waals surface area contributed by atoms with Crippen LogP contribution < -0.4 is 51.9 Å². The zero-order chi connectivity index (χ0) is 45.6. The van der Waals surface area contributed by atoms with Gasteiger partial charge in [0, 0.05) is 66.3 Å². The molecule has 0 radical (unpaired) electrons. The fourth-order valence-corrected chi connectivity index (χ4v) is 4.17. The van der Waals surface area contributed by atoms with Gasteiger partial charge in [-0.15, -0.1) is 23.0 Å². The number of nitrogens with zero attached hydrogens (tertiary/aromatic N) is 2. The normalized spacial score (nSPS) is 8.98. The quantitative estimate of drug-likeness (QED) is 0.0537. The molecule has 2 amide bonds. The van der Waals surface area contributed by atoms with E-state index in [0.29, 0.717) is 26.2 Å². The first-order valence-corrected chi connectivity index (χ1v) is 19.0. The van der Waals surface area contributed by atoms with Crippen molar-refractivity contribution in [1.29, 1.82) is 0 Å². The second-order valence-electron chi connectivity index (χ2n) is 13.0. The Morgan fingerprint density at radius 2 is 0.619 bits per heavy atom. The van der Waals surface area contributed by atoms with Gasteiger partial charge in [-0.05, 0) is 75.1 Å². The van der Waals surface area contributed by atoms with Gasteiger partial charge >= 0.3 is 60.3 Å². The SMILES string of the molecule is CC(=O)[O-].CC(=O)[O-].CN(C)C=O.CN(C)C=O.[Cd+2].[Ni+2].[Ni+2].[O-]c1ccccc1CNCCCNCc1ccccc1[O-].[O-]c1ccccc1CNCCCNCc1ccccc1[O-]. The van der Waals surface area contributed by atoms with E-state index in [1.807, 2.05) is 48.5 Å². The van der Waals surface area contributed by atoms with Crippen LogP contribution in [0.25, 0.3) is 0 Å². The number of rotatable bonds is 18. The van der Waals surface area contributed by atoms with Crippen molar-refractivity contribution in [2.24, 2.45) is 0 Å². The first kappa shape index (κ1) is 67.8. The van der Waals surface area contributed by atoms with Gasteiger partial charge in [0.25, 0.3) is 0 Å². The van der Waals surface area contributed by atoms with Gasteiger partial charge in [0.15, 0.2) is 0 Å². The van der Waals surface area contributed by atoms with Crippen LogP contribution in [0.3, 0.4) is 0 Å². The van der Waals surface area contributed by atoms with Gasteiger partial charge in [0.05, 0.1) is 0 Å². The Bertz CT molecular complexity index is 1510. The summed E-state index contributed by atoms with van der Waals surface area (Å²) in [5, 5.41) is 76.8. The smallest absolute Gasteiger partial charge is 0.872 e. The molecule has 0 fully saturated rings. The second kappa shape index (κ2) is 45.7. The topological polar surface area (TPSA) is 261 Å². The maximum Gasteiger partial charge on any atom is 2.00 e. The molecule has 348 valence electrons. The summed E-state index contributed by atoms with van der Waals surface area (Å²) in [5.41, 5.74) is 3.19. The summed E-state index contributed by atoms with van der Waals surface area (Å²) in [4.78, 5) is 39.5. The number of carboxylic acid groups (broad SMARTS) is 2. The van der Waals surface area contributed by atoms with Crippen molar-refractivity contribution in [2.45, 2.75) is 52.9 Å². The van der Waals surface area contributed by atoms with Crippen molar-refractivity contribution in [1.82, 2.24) is 31.1 Å². The summed E-state index contributed by atoms with van der Waals surface area (Å²) in [7, 11) is 6.75. The molecule has 0 spiro atoms. The molecule has 4 aromatic carbocycles. The van der Waals surface area contributed by atoms with Gasteiger partial charge in [-0.3, -0.25) is 9.59 Å². The molecule has 0 aromatic heterocycles. The van der Waals surface area contributed by atoms with Crippen molar-refractivity contribution in [3.05, 3.63) is 119 Å². The molecule has 0 unspecified atom stereocenters. The number of nitrogens with one attached hydrogen (secondary N) is 4. The minimum atomic E-state index is -1.08. The molecule has 0 aliphatic rings. The van der Waals surface area contributed by atoms with E-state index >= 15 is 0 Å². The number of carbonyl (C=O) groups excluding carboxylic acids is 4. The number of hydrogen-bond donors (Lipinski definition) is 4. The Morgan fingerprint density at radius 1 is 0.460 bits per heavy atom. The molecule has 0 bridgehead atoms. The largest absolute Gasteiger partial charge is 2.00 e. The molecule has 0 saturated heterocycles. The Labute approximate surface area is 412 Å². The van der Waals surface area contributed by atoms with E-state index < -0.39 is 11.9 Å². The van der Waals surface area contributed by atoms with Crippen LogP contribution in [0.4, 0.5) is 0 Å². The van der Waals surface area contributed by atoms with Gasteiger partial charge in [0.1, 0.15) is 0 Å². The molecule has 4 N–H and O–H groups in total. The molecule has 16 nitrogen and oxygen atoms in total. The molecular formula is C44H60CdN6Ni2O10. The van der Waals surface area contributed by atoms with Crippen LogP contribution in [-0.4, -0.2) is 88.9 Å². The summed E-state index contributed by atoms with van der Waals surface area (Å²) < 4.78 is 0. The van der Waals surface area contributed by atoms with Crippen LogP contribution in [0.2, 0.25) is 0 Å². The standard InChI is InChI=1S/2C17H22N2O2.2C3H7NO.2C2H4O2.Cd.2Ni/c2*20-16-8-3-1-6-14(16)12-18-10-5-11-19-13-15-7-2-4-9-17(15)21;2*1-4(2)3-5;2*1-2(3)4;;;/h2*1-4,6-9,18-21H,5,10-13H2;2*3H,1-2H3;2*1H3,(H,3,4);;;/q;;;;;;3*+2/p-6. The number of para-hydroxylation sites is 4. The fourth-order valence-electron chi connectivity index (χ4n) is 4.17. The molecule has 0 aliphatic carbocycles. The van der Waals surface area contributed by atoms with Gasteiger partial charge in [0.2, 0.25) is 12.8 Å². The summed E-state index contributed by atoms with van der Waals surface area (Å²) in [6.45, 7) is 7.68. The van der Waals surface area contributed by atoms with Crippen molar-refractivity contribution < 1.29 is 110 Å². The van der Waals surface area contributed by atoms with Crippen molar-refractivity contribution in [3.8, 4) is 23.0 Å². The van der Waals surface area contributed by atoms with Crippen molar-refractivity contribution in [2.75, 3.05) is 54.4 Å². The van der Waals surface area contributed by atoms with Crippen LogP contribution in [0.5, 0.6) is 23.0 Å². The van der Waals surface area contributed by atoms with Crippen LogP contribution in [0.15, 0.2) is 97.1 Å². The van der Waals surface area contributed by atoms with Crippen molar-refractivity contribution in [3.63, 3.8) is 0 Å². The number of carbonyl (C=O) groups is 4. The third kappa shape index (κ3) is 44.1. The molecule has 19 heteroatoms. The fraction of sp³-hybridized carbons (Fsp3) is 0.364. The molecule has 0 saturated carbocycles. The number of carboxylic acids is 2. The van der Waals surface area contributed by atoms with Crippen LogP contribution in [-0.2, 0) is 106 Å². The van der Waals surface area contributed by atoms with Gasteiger partial charge in [-0.1, -0.05) is 97.1 Å². The summed E-state index contributed by atoms with van der Waals surface area (Å²) in [5.74, 6) is -1.85. The number of amides is 2. The van der Waals surface area contributed by atoms with E-state index in [1.165, 1.54) is 9.80 Å². The van der Waals surface area contributed by atoms with E-state index in [9.17, 15) is 30.0 Å². The van der Waals surface area contributed by atoms with Gasteiger partial charge in [-0.2, -0.15) is 0 Å². The minimum Gasteiger partial charge on any atom is -0.872 e. The Hall–Kier alpha value is -4.29. The average molecular weight is 1060 g/mol. The number of benzene rings is 4. The van der Waals surface area contributed by atoms with Gasteiger partial charge in [-0.25, -0.2) is 0 Å². The number of aliphatic carboxylic acids is 2. The predicted octanol–water partition coefficient (Wildman–Crippen LogP) is -0.880. The molecule has 63 heavy (non-hydrogen) atoms. The van der Waals surface area contributed by atoms with E-state index in [2.05, 4.69) is 21.3 Å². The minimum absolute atomic E-state index is 0. The van der Waals surface area contributed by atoms with E-state index in [-0.39, 0.29) is 83.3 Å². The van der Waals surface area contributed by atoms with Crippen LogP contribution in [0.1, 0.15) is 48.9 Å². The maximum absolute atomic E-state index is 11.5.